The van der Waals surface area contributed by atoms with Gasteiger partial charge in [0.2, 0.25) is 0 Å². The number of hydrogen-bond donors (Lipinski definition) is 2. The van der Waals surface area contributed by atoms with Crippen molar-refractivity contribution in [3.63, 3.8) is 0 Å². The SMILES string of the molecule is CC(C)C(CO)NC(=O)c1ccc(OC(F)(F)F)cc1. The number of carbonyl (C=O) groups is 1. The van der Waals surface area contributed by atoms with Gasteiger partial charge in [0, 0.05) is 5.56 Å². The van der Waals surface area contributed by atoms with E-state index in [0.29, 0.717) is 0 Å². The van der Waals surface area contributed by atoms with Crippen LogP contribution < -0.4 is 10.1 Å². The summed E-state index contributed by atoms with van der Waals surface area (Å²) >= 11 is 0. The molecule has 1 unspecified atom stereocenters. The van der Waals surface area contributed by atoms with Gasteiger partial charge in [0.05, 0.1) is 12.6 Å². The van der Waals surface area contributed by atoms with Crippen molar-refractivity contribution >= 4 is 5.91 Å². The number of halogens is 3. The van der Waals surface area contributed by atoms with Crippen LogP contribution >= 0.6 is 0 Å². The quantitative estimate of drug-likeness (QED) is 0.875. The molecule has 0 saturated heterocycles. The topological polar surface area (TPSA) is 58.6 Å². The third kappa shape index (κ3) is 5.08. The summed E-state index contributed by atoms with van der Waals surface area (Å²) < 4.78 is 39.6. The summed E-state index contributed by atoms with van der Waals surface area (Å²) in [6.45, 7) is 3.46. The maximum atomic E-state index is 12.0. The molecule has 0 aliphatic heterocycles. The Bertz CT molecular complexity index is 443. The van der Waals surface area contributed by atoms with E-state index in [4.69, 9.17) is 5.11 Å². The van der Waals surface area contributed by atoms with Crippen molar-refractivity contribution in [1.82, 2.24) is 5.32 Å². The van der Waals surface area contributed by atoms with Gasteiger partial charge in [0.15, 0.2) is 0 Å². The molecule has 0 radical (unpaired) electrons. The minimum atomic E-state index is -4.76. The zero-order valence-electron chi connectivity index (χ0n) is 11.1. The van der Waals surface area contributed by atoms with Crippen molar-refractivity contribution in [2.75, 3.05) is 6.61 Å². The molecule has 112 valence electrons. The Morgan fingerprint density at radius 2 is 1.85 bits per heavy atom. The first-order chi connectivity index (χ1) is 9.23. The molecule has 0 spiro atoms. The number of benzene rings is 1. The second kappa shape index (κ2) is 6.60. The van der Waals surface area contributed by atoms with E-state index in [1.807, 2.05) is 13.8 Å². The van der Waals surface area contributed by atoms with Crippen LogP contribution in [0.5, 0.6) is 5.75 Å². The molecule has 1 amide bonds. The normalized spacial score (nSPS) is 13.2. The zero-order valence-corrected chi connectivity index (χ0v) is 11.1. The summed E-state index contributed by atoms with van der Waals surface area (Å²) in [5.74, 6) is -0.815. The highest BCUT2D eigenvalue weighted by Gasteiger charge is 2.31. The summed E-state index contributed by atoms with van der Waals surface area (Å²) in [6.07, 6.45) is -4.76. The lowest BCUT2D eigenvalue weighted by Gasteiger charge is -2.19. The standard InChI is InChI=1S/C13H16F3NO3/c1-8(2)11(7-18)17-12(19)9-3-5-10(6-4-9)20-13(14,15)16/h3-6,8,11,18H,7H2,1-2H3,(H,17,19). The molecule has 1 atom stereocenters. The lowest BCUT2D eigenvalue weighted by molar-refractivity contribution is -0.274. The number of hydrogen-bond acceptors (Lipinski definition) is 3. The van der Waals surface area contributed by atoms with Gasteiger partial charge in [-0.3, -0.25) is 4.79 Å². The fourth-order valence-corrected chi connectivity index (χ4v) is 1.48. The van der Waals surface area contributed by atoms with E-state index in [1.54, 1.807) is 0 Å². The van der Waals surface area contributed by atoms with Gasteiger partial charge in [0.1, 0.15) is 5.75 Å². The molecule has 0 heterocycles. The van der Waals surface area contributed by atoms with Gasteiger partial charge in [-0.25, -0.2) is 0 Å². The van der Waals surface area contributed by atoms with E-state index >= 15 is 0 Å². The van der Waals surface area contributed by atoms with Crippen molar-refractivity contribution in [2.45, 2.75) is 26.3 Å². The Morgan fingerprint density at radius 3 is 2.25 bits per heavy atom. The van der Waals surface area contributed by atoms with Crippen LogP contribution in [0.15, 0.2) is 24.3 Å². The molecule has 1 aromatic carbocycles. The Hall–Kier alpha value is -1.76. The molecule has 4 nitrogen and oxygen atoms in total. The molecule has 20 heavy (non-hydrogen) atoms. The van der Waals surface area contributed by atoms with Crippen LogP contribution in [-0.4, -0.2) is 30.0 Å². The fourth-order valence-electron chi connectivity index (χ4n) is 1.48. The van der Waals surface area contributed by atoms with E-state index in [9.17, 15) is 18.0 Å². The van der Waals surface area contributed by atoms with Crippen LogP contribution in [0.1, 0.15) is 24.2 Å². The maximum Gasteiger partial charge on any atom is 0.573 e. The third-order valence-electron chi connectivity index (χ3n) is 2.67. The van der Waals surface area contributed by atoms with Gasteiger partial charge in [-0.1, -0.05) is 13.8 Å². The number of aliphatic hydroxyl groups is 1. The Labute approximate surface area is 114 Å². The molecule has 0 saturated carbocycles. The predicted octanol–water partition coefficient (Wildman–Crippen LogP) is 2.33. The van der Waals surface area contributed by atoms with Gasteiger partial charge in [-0.15, -0.1) is 13.2 Å². The first kappa shape index (κ1) is 16.3. The van der Waals surface area contributed by atoms with Crippen LogP contribution in [0.25, 0.3) is 0 Å². The lowest BCUT2D eigenvalue weighted by atomic mass is 10.0. The van der Waals surface area contributed by atoms with E-state index in [0.717, 1.165) is 12.1 Å². The van der Waals surface area contributed by atoms with E-state index < -0.39 is 24.1 Å². The number of ether oxygens (including phenoxy) is 1. The highest BCUT2D eigenvalue weighted by molar-refractivity contribution is 5.94. The smallest absolute Gasteiger partial charge is 0.406 e. The van der Waals surface area contributed by atoms with Gasteiger partial charge in [-0.05, 0) is 30.2 Å². The number of amides is 1. The molecular weight excluding hydrogens is 275 g/mol. The minimum Gasteiger partial charge on any atom is -0.406 e. The molecule has 0 fully saturated rings. The zero-order chi connectivity index (χ0) is 15.3. The first-order valence-corrected chi connectivity index (χ1v) is 6.00. The fraction of sp³-hybridized carbons (Fsp3) is 0.462. The highest BCUT2D eigenvalue weighted by Crippen LogP contribution is 2.22. The summed E-state index contributed by atoms with van der Waals surface area (Å²) in [5.41, 5.74) is 0.193. The monoisotopic (exact) mass is 291 g/mol. The van der Waals surface area contributed by atoms with Crippen molar-refractivity contribution in [2.24, 2.45) is 5.92 Å². The van der Waals surface area contributed by atoms with Crippen LogP contribution in [0.3, 0.4) is 0 Å². The number of alkyl halides is 3. The average molecular weight is 291 g/mol. The van der Waals surface area contributed by atoms with Gasteiger partial charge in [0.25, 0.3) is 5.91 Å². The second-order valence-corrected chi connectivity index (χ2v) is 4.58. The number of aliphatic hydroxyl groups excluding tert-OH is 1. The summed E-state index contributed by atoms with van der Waals surface area (Å²) in [4.78, 5) is 11.8. The number of rotatable bonds is 5. The highest BCUT2D eigenvalue weighted by atomic mass is 19.4. The predicted molar refractivity (Wildman–Crippen MR) is 66.3 cm³/mol. The third-order valence-corrected chi connectivity index (χ3v) is 2.67. The Kier molecular flexibility index (Phi) is 5.38. The van der Waals surface area contributed by atoms with Gasteiger partial charge in [-0.2, -0.15) is 0 Å². The molecule has 0 aromatic heterocycles. The van der Waals surface area contributed by atoms with Crippen molar-refractivity contribution in [1.29, 1.82) is 0 Å². The van der Waals surface area contributed by atoms with E-state index in [1.165, 1.54) is 12.1 Å². The summed E-state index contributed by atoms with van der Waals surface area (Å²) in [5, 5.41) is 11.7. The molecule has 0 bridgehead atoms. The largest absolute Gasteiger partial charge is 0.573 e. The minimum absolute atomic E-state index is 0.0387. The van der Waals surface area contributed by atoms with Crippen molar-refractivity contribution < 1.29 is 27.8 Å². The number of nitrogens with one attached hydrogen (secondary N) is 1. The van der Waals surface area contributed by atoms with Crippen LogP contribution in [-0.2, 0) is 0 Å². The Morgan fingerprint density at radius 1 is 1.30 bits per heavy atom. The summed E-state index contributed by atoms with van der Waals surface area (Å²) in [7, 11) is 0. The molecular formula is C13H16F3NO3. The molecule has 1 aromatic rings. The van der Waals surface area contributed by atoms with Crippen LogP contribution in [0.2, 0.25) is 0 Å². The van der Waals surface area contributed by atoms with Crippen LogP contribution in [0, 0.1) is 5.92 Å². The summed E-state index contributed by atoms with van der Waals surface area (Å²) in [6, 6.07) is 4.17. The van der Waals surface area contributed by atoms with Crippen molar-refractivity contribution in [3.05, 3.63) is 29.8 Å². The molecule has 2 N–H and O–H groups in total. The number of carbonyl (C=O) groups excluding carboxylic acids is 1. The molecule has 0 aliphatic rings. The average Bonchev–Trinajstić information content (AvgIpc) is 2.34. The maximum absolute atomic E-state index is 12.0. The molecule has 7 heteroatoms. The van der Waals surface area contributed by atoms with Crippen LogP contribution in [0.4, 0.5) is 13.2 Å². The second-order valence-electron chi connectivity index (χ2n) is 4.58. The molecule has 0 aliphatic carbocycles. The van der Waals surface area contributed by atoms with E-state index in [-0.39, 0.29) is 18.1 Å². The van der Waals surface area contributed by atoms with E-state index in [2.05, 4.69) is 10.1 Å². The first-order valence-electron chi connectivity index (χ1n) is 6.00. The van der Waals surface area contributed by atoms with Crippen molar-refractivity contribution in [3.8, 4) is 5.75 Å². The molecule has 1 rings (SSSR count). The Balaban J connectivity index is 2.71. The van der Waals surface area contributed by atoms with Gasteiger partial charge < -0.3 is 15.2 Å². The lowest BCUT2D eigenvalue weighted by Crippen LogP contribution is -2.41. The van der Waals surface area contributed by atoms with Gasteiger partial charge >= 0.3 is 6.36 Å².